The van der Waals surface area contributed by atoms with Crippen LogP contribution in [0.4, 0.5) is 13.2 Å². The number of rotatable bonds is 3. The number of benzene rings is 1. The van der Waals surface area contributed by atoms with Crippen LogP contribution < -0.4 is 5.32 Å². The topological polar surface area (TPSA) is 32.3 Å². The molecular formula is C15H19F3N2O. The molecule has 1 amide bonds. The van der Waals surface area contributed by atoms with E-state index >= 15 is 0 Å². The Labute approximate surface area is 122 Å². The van der Waals surface area contributed by atoms with Gasteiger partial charge in [0.2, 0.25) is 5.91 Å². The molecule has 0 saturated carbocycles. The van der Waals surface area contributed by atoms with Crippen LogP contribution in [0, 0.1) is 0 Å². The fourth-order valence-corrected chi connectivity index (χ4v) is 2.68. The van der Waals surface area contributed by atoms with E-state index in [1.54, 1.807) is 7.05 Å². The molecule has 3 nitrogen and oxygen atoms in total. The molecule has 1 aliphatic heterocycles. The van der Waals surface area contributed by atoms with E-state index in [1.165, 1.54) is 12.1 Å². The standard InChI is InChI=1S/C15H19F3N2O/c1-19-14(21)13-4-2-3-9-20(13)10-11-5-7-12(8-6-11)15(16,17)18/h5-8,13H,2-4,9-10H2,1H3,(H,19,21). The maximum atomic E-state index is 12.5. The van der Waals surface area contributed by atoms with Crippen molar-refractivity contribution in [1.82, 2.24) is 10.2 Å². The van der Waals surface area contributed by atoms with E-state index < -0.39 is 11.7 Å². The van der Waals surface area contributed by atoms with Crippen LogP contribution in [-0.2, 0) is 17.5 Å². The average molecular weight is 300 g/mol. The number of likely N-dealkylation sites (N-methyl/N-ethyl adjacent to an activating group) is 1. The highest BCUT2D eigenvalue weighted by Crippen LogP contribution is 2.29. The summed E-state index contributed by atoms with van der Waals surface area (Å²) in [5, 5.41) is 2.65. The molecule has 1 aromatic rings. The highest BCUT2D eigenvalue weighted by atomic mass is 19.4. The van der Waals surface area contributed by atoms with E-state index in [1.807, 2.05) is 4.90 Å². The fourth-order valence-electron chi connectivity index (χ4n) is 2.68. The Morgan fingerprint density at radius 3 is 2.52 bits per heavy atom. The summed E-state index contributed by atoms with van der Waals surface area (Å²) in [5.41, 5.74) is 0.145. The molecule has 2 rings (SSSR count). The third-order valence-electron chi connectivity index (χ3n) is 3.83. The number of halogens is 3. The molecule has 1 aliphatic rings. The van der Waals surface area contributed by atoms with Crippen molar-refractivity contribution in [3.63, 3.8) is 0 Å². The first-order valence-corrected chi connectivity index (χ1v) is 7.03. The molecule has 1 aromatic carbocycles. The van der Waals surface area contributed by atoms with Gasteiger partial charge in [-0.05, 0) is 37.1 Å². The van der Waals surface area contributed by atoms with E-state index in [4.69, 9.17) is 0 Å². The maximum absolute atomic E-state index is 12.5. The van der Waals surface area contributed by atoms with Crippen molar-refractivity contribution in [3.8, 4) is 0 Å². The summed E-state index contributed by atoms with van der Waals surface area (Å²) in [6.45, 7) is 1.29. The number of piperidine rings is 1. The molecule has 0 radical (unpaired) electrons. The summed E-state index contributed by atoms with van der Waals surface area (Å²) in [5.74, 6) is -0.0263. The quantitative estimate of drug-likeness (QED) is 0.931. The molecular weight excluding hydrogens is 281 g/mol. The van der Waals surface area contributed by atoms with Gasteiger partial charge in [0.15, 0.2) is 0 Å². The lowest BCUT2D eigenvalue weighted by molar-refractivity contribution is -0.137. The second-order valence-electron chi connectivity index (χ2n) is 5.29. The first kappa shape index (κ1) is 15.8. The summed E-state index contributed by atoms with van der Waals surface area (Å²) < 4.78 is 37.6. The van der Waals surface area contributed by atoms with Gasteiger partial charge in [0.05, 0.1) is 11.6 Å². The number of alkyl halides is 3. The van der Waals surface area contributed by atoms with Gasteiger partial charge >= 0.3 is 6.18 Å². The molecule has 21 heavy (non-hydrogen) atoms. The number of hydrogen-bond acceptors (Lipinski definition) is 2. The number of nitrogens with zero attached hydrogens (tertiary/aromatic N) is 1. The van der Waals surface area contributed by atoms with E-state index in [2.05, 4.69) is 5.32 Å². The van der Waals surface area contributed by atoms with E-state index in [0.717, 1.165) is 43.5 Å². The van der Waals surface area contributed by atoms with Gasteiger partial charge in [-0.15, -0.1) is 0 Å². The van der Waals surface area contributed by atoms with Crippen molar-refractivity contribution in [2.45, 2.75) is 38.0 Å². The number of carbonyl (C=O) groups excluding carboxylic acids is 1. The Morgan fingerprint density at radius 2 is 1.95 bits per heavy atom. The molecule has 1 unspecified atom stereocenters. The van der Waals surface area contributed by atoms with Gasteiger partial charge in [-0.1, -0.05) is 18.6 Å². The molecule has 1 fully saturated rings. The normalized spacial score (nSPS) is 20.3. The Hall–Kier alpha value is -1.56. The largest absolute Gasteiger partial charge is 0.416 e. The van der Waals surface area contributed by atoms with E-state index in [0.29, 0.717) is 6.54 Å². The van der Waals surface area contributed by atoms with Crippen LogP contribution in [-0.4, -0.2) is 30.4 Å². The van der Waals surface area contributed by atoms with Crippen LogP contribution in [0.3, 0.4) is 0 Å². The molecule has 0 aliphatic carbocycles. The average Bonchev–Trinajstić information content (AvgIpc) is 2.46. The maximum Gasteiger partial charge on any atom is 0.416 e. The summed E-state index contributed by atoms with van der Waals surface area (Å²) in [6.07, 6.45) is -1.51. The van der Waals surface area contributed by atoms with Crippen LogP contribution in [0.25, 0.3) is 0 Å². The first-order valence-electron chi connectivity index (χ1n) is 7.03. The van der Waals surface area contributed by atoms with Crippen molar-refractivity contribution in [3.05, 3.63) is 35.4 Å². The second-order valence-corrected chi connectivity index (χ2v) is 5.29. The Balaban J connectivity index is 2.07. The zero-order chi connectivity index (χ0) is 15.5. The van der Waals surface area contributed by atoms with Gasteiger partial charge in [-0.2, -0.15) is 13.2 Å². The third kappa shape index (κ3) is 3.97. The zero-order valence-corrected chi connectivity index (χ0v) is 11.9. The van der Waals surface area contributed by atoms with Gasteiger partial charge in [0, 0.05) is 13.6 Å². The minimum atomic E-state index is -4.31. The summed E-state index contributed by atoms with van der Waals surface area (Å²) in [7, 11) is 1.60. The van der Waals surface area contributed by atoms with Crippen molar-refractivity contribution in [1.29, 1.82) is 0 Å². The van der Waals surface area contributed by atoms with Crippen molar-refractivity contribution in [2.75, 3.05) is 13.6 Å². The van der Waals surface area contributed by atoms with Crippen molar-refractivity contribution >= 4 is 5.91 Å². The summed E-state index contributed by atoms with van der Waals surface area (Å²) in [4.78, 5) is 13.9. The Bertz CT molecular complexity index is 485. The molecule has 0 spiro atoms. The number of likely N-dealkylation sites (tertiary alicyclic amines) is 1. The van der Waals surface area contributed by atoms with Gasteiger partial charge in [0.1, 0.15) is 0 Å². The monoisotopic (exact) mass is 300 g/mol. The van der Waals surface area contributed by atoms with Gasteiger partial charge in [0.25, 0.3) is 0 Å². The molecule has 0 aromatic heterocycles. The predicted octanol–water partition coefficient (Wildman–Crippen LogP) is 2.81. The Morgan fingerprint density at radius 1 is 1.29 bits per heavy atom. The lowest BCUT2D eigenvalue weighted by Gasteiger charge is -2.34. The number of hydrogen-bond donors (Lipinski definition) is 1. The van der Waals surface area contributed by atoms with Crippen LogP contribution in [0.1, 0.15) is 30.4 Å². The molecule has 0 bridgehead atoms. The van der Waals surface area contributed by atoms with Gasteiger partial charge < -0.3 is 5.32 Å². The number of carbonyl (C=O) groups is 1. The smallest absolute Gasteiger partial charge is 0.358 e. The lowest BCUT2D eigenvalue weighted by Crippen LogP contribution is -2.48. The number of amides is 1. The zero-order valence-electron chi connectivity index (χ0n) is 11.9. The molecule has 1 saturated heterocycles. The first-order chi connectivity index (χ1) is 9.91. The van der Waals surface area contributed by atoms with Gasteiger partial charge in [-0.25, -0.2) is 0 Å². The minimum Gasteiger partial charge on any atom is -0.358 e. The highest BCUT2D eigenvalue weighted by molar-refractivity contribution is 5.81. The van der Waals surface area contributed by atoms with Crippen LogP contribution in [0.5, 0.6) is 0 Å². The Kier molecular flexibility index (Phi) is 4.88. The second kappa shape index (κ2) is 6.47. The van der Waals surface area contributed by atoms with Crippen LogP contribution >= 0.6 is 0 Å². The molecule has 1 atom stereocenters. The van der Waals surface area contributed by atoms with Crippen LogP contribution in [0.15, 0.2) is 24.3 Å². The molecule has 6 heteroatoms. The SMILES string of the molecule is CNC(=O)C1CCCCN1Cc1ccc(C(F)(F)F)cc1. The number of nitrogens with one attached hydrogen (secondary N) is 1. The highest BCUT2D eigenvalue weighted by Gasteiger charge is 2.31. The van der Waals surface area contributed by atoms with Crippen molar-refractivity contribution < 1.29 is 18.0 Å². The van der Waals surface area contributed by atoms with Gasteiger partial charge in [-0.3, -0.25) is 9.69 Å². The van der Waals surface area contributed by atoms with E-state index in [9.17, 15) is 18.0 Å². The molecule has 116 valence electrons. The van der Waals surface area contributed by atoms with Crippen LogP contribution in [0.2, 0.25) is 0 Å². The van der Waals surface area contributed by atoms with E-state index in [-0.39, 0.29) is 11.9 Å². The fraction of sp³-hybridized carbons (Fsp3) is 0.533. The molecule has 1 N–H and O–H groups in total. The minimum absolute atomic E-state index is 0.0263. The summed E-state index contributed by atoms with van der Waals surface area (Å²) in [6, 6.07) is 4.96. The summed E-state index contributed by atoms with van der Waals surface area (Å²) >= 11 is 0. The predicted molar refractivity (Wildman–Crippen MR) is 73.6 cm³/mol. The third-order valence-corrected chi connectivity index (χ3v) is 3.83. The lowest BCUT2D eigenvalue weighted by atomic mass is 10.00. The van der Waals surface area contributed by atoms with Crippen molar-refractivity contribution in [2.24, 2.45) is 0 Å². The molecule has 1 heterocycles.